The van der Waals surface area contributed by atoms with Crippen molar-refractivity contribution < 1.29 is 9.84 Å². The van der Waals surface area contributed by atoms with Crippen molar-refractivity contribution in [3.63, 3.8) is 0 Å². The van der Waals surface area contributed by atoms with Crippen LogP contribution in [-0.2, 0) is 4.74 Å². The minimum atomic E-state index is 0.0832. The average Bonchev–Trinajstić information content (AvgIpc) is 2.47. The lowest BCUT2D eigenvalue weighted by Gasteiger charge is -2.38. The summed E-state index contributed by atoms with van der Waals surface area (Å²) in [6, 6.07) is 0.680. The van der Waals surface area contributed by atoms with Crippen LogP contribution in [0.3, 0.4) is 0 Å². The van der Waals surface area contributed by atoms with E-state index in [1.807, 2.05) is 0 Å². The Kier molecular flexibility index (Phi) is 5.46. The van der Waals surface area contributed by atoms with E-state index in [9.17, 15) is 5.11 Å². The number of hydrogen-bond donors (Lipinski definition) is 2. The Morgan fingerprint density at radius 1 is 1.17 bits per heavy atom. The normalized spacial score (nSPS) is 32.3. The molecule has 2 fully saturated rings. The van der Waals surface area contributed by atoms with Gasteiger partial charge in [0.2, 0.25) is 0 Å². The Balaban J connectivity index is 1.73. The van der Waals surface area contributed by atoms with Crippen molar-refractivity contribution in [3.05, 3.63) is 0 Å². The van der Waals surface area contributed by atoms with Gasteiger partial charge in [0.15, 0.2) is 0 Å². The Morgan fingerprint density at radius 2 is 1.83 bits per heavy atom. The molecule has 2 N–H and O–H groups in total. The fraction of sp³-hybridized carbons (Fsp3) is 1.00. The van der Waals surface area contributed by atoms with Gasteiger partial charge in [0.25, 0.3) is 0 Å². The van der Waals surface area contributed by atoms with E-state index in [-0.39, 0.29) is 5.41 Å². The zero-order chi connectivity index (χ0) is 12.8. The quantitative estimate of drug-likeness (QED) is 0.792. The summed E-state index contributed by atoms with van der Waals surface area (Å²) < 4.78 is 5.41. The Hall–Kier alpha value is -0.120. The van der Waals surface area contributed by atoms with E-state index in [0.29, 0.717) is 12.6 Å². The highest BCUT2D eigenvalue weighted by atomic mass is 16.5. The van der Waals surface area contributed by atoms with Crippen molar-refractivity contribution in [1.29, 1.82) is 0 Å². The maximum Gasteiger partial charge on any atom is 0.0501 e. The lowest BCUT2D eigenvalue weighted by atomic mass is 9.79. The fourth-order valence-corrected chi connectivity index (χ4v) is 3.33. The molecule has 0 aromatic rings. The fourth-order valence-electron chi connectivity index (χ4n) is 3.33. The van der Waals surface area contributed by atoms with E-state index in [1.165, 1.54) is 32.1 Å². The average molecular weight is 255 g/mol. The summed E-state index contributed by atoms with van der Waals surface area (Å²) in [5.41, 5.74) is 0.0832. The number of hydrogen-bond acceptors (Lipinski definition) is 3. The molecule has 0 aromatic heterocycles. The zero-order valence-corrected chi connectivity index (χ0v) is 11.8. The Bertz CT molecular complexity index is 231. The first-order valence-corrected chi connectivity index (χ1v) is 7.70. The number of rotatable bonds is 5. The largest absolute Gasteiger partial charge is 0.396 e. The molecule has 0 spiro atoms. The second-order valence-electron chi connectivity index (χ2n) is 6.28. The van der Waals surface area contributed by atoms with Crippen LogP contribution in [0.4, 0.5) is 0 Å². The third-order valence-corrected chi connectivity index (χ3v) is 5.08. The van der Waals surface area contributed by atoms with Crippen molar-refractivity contribution in [3.8, 4) is 0 Å². The van der Waals surface area contributed by atoms with E-state index >= 15 is 0 Å². The first kappa shape index (κ1) is 14.3. The van der Waals surface area contributed by atoms with Gasteiger partial charge in [0.05, 0.1) is 6.61 Å². The summed E-state index contributed by atoms with van der Waals surface area (Å²) in [5, 5.41) is 13.4. The molecule has 0 radical (unpaired) electrons. The monoisotopic (exact) mass is 255 g/mol. The van der Waals surface area contributed by atoms with E-state index < -0.39 is 0 Å². The molecule has 0 bridgehead atoms. The Labute approximate surface area is 111 Å². The number of ether oxygens (including phenoxy) is 1. The number of aliphatic hydroxyl groups excluding tert-OH is 1. The maximum absolute atomic E-state index is 9.66. The summed E-state index contributed by atoms with van der Waals surface area (Å²) in [5.74, 6) is 0.956. The summed E-state index contributed by atoms with van der Waals surface area (Å²) in [7, 11) is 0. The lowest BCUT2D eigenvalue weighted by molar-refractivity contribution is -0.0172. The SMILES string of the molecule is CCC1CCC(NCC2(CO)CCOCC2)CC1. The van der Waals surface area contributed by atoms with Gasteiger partial charge in [-0.15, -0.1) is 0 Å². The molecule has 1 aliphatic heterocycles. The standard InChI is InChI=1S/C15H29NO2/c1-2-13-3-5-14(6-4-13)16-11-15(12-17)7-9-18-10-8-15/h13-14,16-17H,2-12H2,1H3. The van der Waals surface area contributed by atoms with Gasteiger partial charge >= 0.3 is 0 Å². The molecule has 0 amide bonds. The lowest BCUT2D eigenvalue weighted by Crippen LogP contribution is -2.45. The molecule has 1 saturated carbocycles. The molecule has 3 nitrogen and oxygen atoms in total. The van der Waals surface area contributed by atoms with E-state index in [4.69, 9.17) is 4.74 Å². The summed E-state index contributed by atoms with van der Waals surface area (Å²) in [6.07, 6.45) is 8.73. The molecule has 1 saturated heterocycles. The first-order chi connectivity index (χ1) is 8.78. The van der Waals surface area contributed by atoms with Crippen LogP contribution in [0.1, 0.15) is 51.9 Å². The molecular weight excluding hydrogens is 226 g/mol. The smallest absolute Gasteiger partial charge is 0.0501 e. The molecule has 0 aromatic carbocycles. The molecule has 106 valence electrons. The summed E-state index contributed by atoms with van der Waals surface area (Å²) in [4.78, 5) is 0. The predicted molar refractivity (Wildman–Crippen MR) is 73.6 cm³/mol. The maximum atomic E-state index is 9.66. The number of nitrogens with one attached hydrogen (secondary N) is 1. The van der Waals surface area contributed by atoms with Crippen molar-refractivity contribution in [2.75, 3.05) is 26.4 Å². The molecular formula is C15H29NO2. The topological polar surface area (TPSA) is 41.5 Å². The second-order valence-corrected chi connectivity index (χ2v) is 6.28. The van der Waals surface area contributed by atoms with Gasteiger partial charge in [-0.1, -0.05) is 13.3 Å². The number of aliphatic hydroxyl groups is 1. The van der Waals surface area contributed by atoms with Gasteiger partial charge < -0.3 is 15.2 Å². The van der Waals surface area contributed by atoms with Crippen molar-refractivity contribution in [2.24, 2.45) is 11.3 Å². The van der Waals surface area contributed by atoms with Gasteiger partial charge in [-0.25, -0.2) is 0 Å². The third-order valence-electron chi connectivity index (χ3n) is 5.08. The van der Waals surface area contributed by atoms with Gasteiger partial charge in [-0.3, -0.25) is 0 Å². The highest BCUT2D eigenvalue weighted by molar-refractivity contribution is 4.86. The molecule has 0 unspecified atom stereocenters. The van der Waals surface area contributed by atoms with Crippen LogP contribution >= 0.6 is 0 Å². The minimum absolute atomic E-state index is 0.0832. The zero-order valence-electron chi connectivity index (χ0n) is 11.8. The van der Waals surface area contributed by atoms with Crippen molar-refractivity contribution >= 4 is 0 Å². The molecule has 3 heteroatoms. The van der Waals surface area contributed by atoms with Crippen LogP contribution in [0.5, 0.6) is 0 Å². The summed E-state index contributed by atoms with van der Waals surface area (Å²) >= 11 is 0. The van der Waals surface area contributed by atoms with Crippen LogP contribution in [0.25, 0.3) is 0 Å². The molecule has 2 rings (SSSR count). The van der Waals surface area contributed by atoms with E-state index in [0.717, 1.165) is 38.5 Å². The van der Waals surface area contributed by atoms with Crippen molar-refractivity contribution in [2.45, 2.75) is 57.9 Å². The summed E-state index contributed by atoms with van der Waals surface area (Å²) in [6.45, 7) is 5.19. The highest BCUT2D eigenvalue weighted by Gasteiger charge is 2.32. The van der Waals surface area contributed by atoms with Gasteiger partial charge in [-0.05, 0) is 44.4 Å². The predicted octanol–water partition coefficient (Wildman–Crippen LogP) is 2.33. The third kappa shape index (κ3) is 3.69. The molecule has 18 heavy (non-hydrogen) atoms. The molecule has 0 atom stereocenters. The van der Waals surface area contributed by atoms with Crippen molar-refractivity contribution in [1.82, 2.24) is 5.32 Å². The first-order valence-electron chi connectivity index (χ1n) is 7.70. The Morgan fingerprint density at radius 3 is 2.39 bits per heavy atom. The van der Waals surface area contributed by atoms with E-state index in [1.54, 1.807) is 0 Å². The van der Waals surface area contributed by atoms with Crippen LogP contribution in [0.15, 0.2) is 0 Å². The minimum Gasteiger partial charge on any atom is -0.396 e. The van der Waals surface area contributed by atoms with Gasteiger partial charge in [0, 0.05) is 31.2 Å². The second kappa shape index (κ2) is 6.88. The molecule has 2 aliphatic rings. The van der Waals surface area contributed by atoms with Crippen LogP contribution in [-0.4, -0.2) is 37.5 Å². The van der Waals surface area contributed by atoms with Gasteiger partial charge in [-0.2, -0.15) is 0 Å². The van der Waals surface area contributed by atoms with Crippen LogP contribution in [0, 0.1) is 11.3 Å². The molecule has 1 heterocycles. The van der Waals surface area contributed by atoms with Crippen LogP contribution < -0.4 is 5.32 Å². The molecule has 1 aliphatic carbocycles. The highest BCUT2D eigenvalue weighted by Crippen LogP contribution is 2.31. The van der Waals surface area contributed by atoms with Crippen LogP contribution in [0.2, 0.25) is 0 Å². The van der Waals surface area contributed by atoms with E-state index in [2.05, 4.69) is 12.2 Å². The van der Waals surface area contributed by atoms with Gasteiger partial charge in [0.1, 0.15) is 0 Å².